The van der Waals surface area contributed by atoms with Crippen LogP contribution in [0.25, 0.3) is 0 Å². The van der Waals surface area contributed by atoms with Crippen LogP contribution >= 0.6 is 85.2 Å². The highest BCUT2D eigenvalue weighted by atomic mass is 36.0. The van der Waals surface area contributed by atoms with Gasteiger partial charge >= 0.3 is 13.4 Å². The molecule has 0 aliphatic rings. The molecule has 11 heteroatoms. The third-order valence-electron chi connectivity index (χ3n) is 4.31. The summed E-state index contributed by atoms with van der Waals surface area (Å²) in [6.45, 7) is 0. The molecule has 0 aromatic heterocycles. The maximum atomic E-state index is 6.31. The Hall–Kier alpha value is 0.274. The van der Waals surface area contributed by atoms with Crippen LogP contribution in [0.1, 0.15) is 0 Å². The van der Waals surface area contributed by atoms with Crippen molar-refractivity contribution < 1.29 is 0 Å². The second-order valence-corrected chi connectivity index (χ2v) is 24.9. The third-order valence-corrected chi connectivity index (χ3v) is 11.5. The number of anilines is 3. The molecule has 0 saturated carbocycles. The Labute approximate surface area is 213 Å². The van der Waals surface area contributed by atoms with Gasteiger partial charge in [0.05, 0.1) is 0 Å². The Kier molecular flexibility index (Phi) is 8.34. The van der Waals surface area contributed by atoms with Gasteiger partial charge in [0.15, 0.2) is 0 Å². The van der Waals surface area contributed by atoms with Gasteiger partial charge in [-0.3, -0.25) is 0 Å². The van der Waals surface area contributed by atoms with Crippen molar-refractivity contribution in [3.8, 4) is 0 Å². The summed E-state index contributed by atoms with van der Waals surface area (Å²) in [6, 6.07) is 20.3. The van der Waals surface area contributed by atoms with Crippen LogP contribution in [0.15, 0.2) is 77.7 Å². The lowest BCUT2D eigenvalue weighted by Gasteiger charge is -2.27. The SMILES string of the molecule is CS(Cl)(Cl)c1ccc(N(c2ccc([Si](Cl)Cl)cc2)c2ccc([Si](Cl)(Cl)Cl)cc2)cc1. The molecule has 0 spiro atoms. The van der Waals surface area contributed by atoms with Crippen molar-refractivity contribution in [2.24, 2.45) is 0 Å². The topological polar surface area (TPSA) is 3.24 Å². The fraction of sp³-hybridized carbons (Fsp3) is 0.0526. The number of nitrogens with zero attached hydrogens (tertiary/aromatic N) is 1. The van der Waals surface area contributed by atoms with Crippen LogP contribution in [0.2, 0.25) is 0 Å². The summed E-state index contributed by atoms with van der Waals surface area (Å²) in [7, 11) is 9.21. The monoisotopic (exact) mass is 590 g/mol. The van der Waals surface area contributed by atoms with E-state index >= 15 is 0 Å². The average molecular weight is 594 g/mol. The second-order valence-electron chi connectivity index (χ2n) is 6.41. The summed E-state index contributed by atoms with van der Waals surface area (Å²) in [5, 5.41) is 1.64. The maximum Gasteiger partial charge on any atom is 0.372 e. The highest BCUT2D eigenvalue weighted by Gasteiger charge is 2.28. The van der Waals surface area contributed by atoms with Crippen LogP contribution in [0.3, 0.4) is 0 Å². The first kappa shape index (κ1) is 24.9. The van der Waals surface area contributed by atoms with E-state index in [4.69, 9.17) is 76.8 Å². The predicted octanol–water partition coefficient (Wildman–Crippen LogP) is 8.29. The summed E-state index contributed by atoms with van der Waals surface area (Å²) in [5.41, 5.74) is 2.79. The highest BCUT2D eigenvalue weighted by Crippen LogP contribution is 2.62. The van der Waals surface area contributed by atoms with Gasteiger partial charge in [0.1, 0.15) is 0 Å². The Morgan fingerprint density at radius 1 is 0.700 bits per heavy atom. The molecule has 0 aliphatic heterocycles. The Balaban J connectivity index is 2.07. The lowest BCUT2D eigenvalue weighted by atomic mass is 10.2. The van der Waals surface area contributed by atoms with E-state index in [0.717, 1.165) is 32.3 Å². The minimum atomic E-state index is -2.95. The minimum Gasteiger partial charge on any atom is -0.311 e. The minimum absolute atomic E-state index is 0.724. The molecule has 1 radical (unpaired) electrons. The lowest BCUT2D eigenvalue weighted by molar-refractivity contribution is 1.27. The molecule has 1 nitrogen and oxygen atoms in total. The van der Waals surface area contributed by atoms with Crippen LogP contribution in [-0.4, -0.2) is 19.7 Å². The molecule has 0 heterocycles. The molecule has 159 valence electrons. The molecule has 3 rings (SSSR count). The largest absolute Gasteiger partial charge is 0.372 e. The van der Waals surface area contributed by atoms with Gasteiger partial charge in [-0.2, -0.15) is 0 Å². The number of hydrogen-bond acceptors (Lipinski definition) is 1. The van der Waals surface area contributed by atoms with E-state index < -0.39 is 21.9 Å². The third kappa shape index (κ3) is 6.19. The normalized spacial score (nSPS) is 12.8. The maximum absolute atomic E-state index is 6.31. The molecule has 3 aromatic rings. The van der Waals surface area contributed by atoms with Gasteiger partial charge in [0.2, 0.25) is 0 Å². The molecule has 3 aromatic carbocycles. The van der Waals surface area contributed by atoms with E-state index in [9.17, 15) is 0 Å². The molecule has 0 bridgehead atoms. The average Bonchev–Trinajstić information content (AvgIpc) is 2.68. The van der Waals surface area contributed by atoms with E-state index in [0.29, 0.717) is 0 Å². The summed E-state index contributed by atoms with van der Waals surface area (Å²) in [4.78, 5) is 2.97. The zero-order valence-corrected chi connectivity index (χ0v) is 23.5. The van der Waals surface area contributed by atoms with Crippen molar-refractivity contribution in [2.45, 2.75) is 4.90 Å². The van der Waals surface area contributed by atoms with Crippen molar-refractivity contribution in [2.75, 3.05) is 11.2 Å². The smallest absolute Gasteiger partial charge is 0.311 e. The van der Waals surface area contributed by atoms with Crippen molar-refractivity contribution in [1.29, 1.82) is 0 Å². The number of hydrogen-bond donors (Lipinski definition) is 0. The van der Waals surface area contributed by atoms with E-state index in [1.165, 1.54) is 0 Å². The predicted molar refractivity (Wildman–Crippen MR) is 145 cm³/mol. The van der Waals surface area contributed by atoms with E-state index in [1.807, 2.05) is 79.1 Å². The van der Waals surface area contributed by atoms with Crippen LogP contribution in [-0.2, 0) is 0 Å². The molecular formula is C19H15Cl7NSSi2. The van der Waals surface area contributed by atoms with Crippen molar-refractivity contribution in [3.05, 3.63) is 72.8 Å². The van der Waals surface area contributed by atoms with E-state index in [-0.39, 0.29) is 0 Å². The van der Waals surface area contributed by atoms with E-state index in [2.05, 4.69) is 4.90 Å². The standard InChI is InChI=1S/C19H15Cl7NSSi2/c1-28(20,21)17-8-2-14(3-9-17)27(15-4-10-18(11-5-15)29(22)23)16-6-12-19(13-7-16)30(24,25)26/h2-13H,1H3. The van der Waals surface area contributed by atoms with Gasteiger partial charge in [-0.15, -0.1) is 55.4 Å². The van der Waals surface area contributed by atoms with Gasteiger partial charge in [-0.05, 0) is 86.5 Å². The summed E-state index contributed by atoms with van der Waals surface area (Å²) >= 11 is 30.6. The fourth-order valence-electron chi connectivity index (χ4n) is 2.82. The Morgan fingerprint density at radius 3 is 1.47 bits per heavy atom. The molecule has 0 fully saturated rings. The fourth-order valence-corrected chi connectivity index (χ4v) is 6.90. The molecule has 0 N–H and O–H groups in total. The number of halogens is 7. The molecule has 30 heavy (non-hydrogen) atoms. The first-order chi connectivity index (χ1) is 14.0. The summed E-state index contributed by atoms with van der Waals surface area (Å²) in [6.07, 6.45) is 1.82. The van der Waals surface area contributed by atoms with Gasteiger partial charge in [0.25, 0.3) is 0 Å². The Morgan fingerprint density at radius 2 is 1.10 bits per heavy atom. The van der Waals surface area contributed by atoms with Gasteiger partial charge in [-0.1, -0.05) is 32.7 Å². The molecule has 0 amide bonds. The van der Waals surface area contributed by atoms with Crippen LogP contribution in [0, 0.1) is 0 Å². The lowest BCUT2D eigenvalue weighted by Crippen LogP contribution is -2.29. The van der Waals surface area contributed by atoms with Gasteiger partial charge < -0.3 is 4.90 Å². The van der Waals surface area contributed by atoms with Gasteiger partial charge in [0, 0.05) is 22.0 Å². The van der Waals surface area contributed by atoms with E-state index in [1.54, 1.807) is 0 Å². The molecule has 0 unspecified atom stereocenters. The Bertz CT molecular complexity index is 928. The number of rotatable bonds is 6. The zero-order valence-electron chi connectivity index (χ0n) is 15.4. The second kappa shape index (κ2) is 10.0. The molecule has 0 saturated heterocycles. The van der Waals surface area contributed by atoms with Crippen LogP contribution in [0.5, 0.6) is 0 Å². The summed E-state index contributed by atoms with van der Waals surface area (Å²) < 4.78 is 0. The number of benzene rings is 3. The van der Waals surface area contributed by atoms with Crippen molar-refractivity contribution >= 4 is 126 Å². The van der Waals surface area contributed by atoms with Crippen molar-refractivity contribution in [3.63, 3.8) is 0 Å². The highest BCUT2D eigenvalue weighted by molar-refractivity contribution is 8.65. The first-order valence-electron chi connectivity index (χ1n) is 8.50. The molecule has 0 atom stereocenters. The first-order valence-corrected chi connectivity index (χ1v) is 20.8. The zero-order chi connectivity index (χ0) is 22.1. The summed E-state index contributed by atoms with van der Waals surface area (Å²) in [5.74, 6) is 0. The van der Waals surface area contributed by atoms with Crippen LogP contribution < -0.4 is 15.3 Å². The van der Waals surface area contributed by atoms with Crippen LogP contribution in [0.4, 0.5) is 17.1 Å². The quantitative estimate of drug-likeness (QED) is 0.205. The van der Waals surface area contributed by atoms with Crippen molar-refractivity contribution in [1.82, 2.24) is 0 Å². The molecular weight excluding hydrogens is 579 g/mol. The molecule has 0 aliphatic carbocycles. The van der Waals surface area contributed by atoms with Gasteiger partial charge in [-0.25, -0.2) is 0 Å².